The summed E-state index contributed by atoms with van der Waals surface area (Å²) in [6.45, 7) is 1.94. The molecule has 0 spiro atoms. The van der Waals surface area contributed by atoms with Gasteiger partial charge < -0.3 is 10.6 Å². The molecule has 1 aromatic carbocycles. The van der Waals surface area contributed by atoms with Crippen LogP contribution in [-0.4, -0.2) is 34.3 Å². The summed E-state index contributed by atoms with van der Waals surface area (Å²) < 4.78 is 0. The molecule has 1 unspecified atom stereocenters. The van der Waals surface area contributed by atoms with E-state index >= 15 is 0 Å². The molecule has 1 atom stereocenters. The number of pyridine rings is 1. The number of benzene rings is 1. The zero-order chi connectivity index (χ0) is 18.2. The van der Waals surface area contributed by atoms with Crippen LogP contribution in [0.5, 0.6) is 0 Å². The largest absolute Gasteiger partial charge is 0.354 e. The van der Waals surface area contributed by atoms with Crippen LogP contribution in [0.4, 0.5) is 5.69 Å². The lowest BCUT2D eigenvalue weighted by Crippen LogP contribution is -2.45. The highest BCUT2D eigenvalue weighted by molar-refractivity contribution is 5.97. The lowest BCUT2D eigenvalue weighted by molar-refractivity contribution is -0.384. The number of rotatable bonds is 7. The summed E-state index contributed by atoms with van der Waals surface area (Å²) in [5.74, 6) is -0.884. The predicted octanol–water partition coefficient (Wildman–Crippen LogP) is 1.47. The number of nitro groups is 1. The van der Waals surface area contributed by atoms with Gasteiger partial charge in [0.1, 0.15) is 6.04 Å². The molecule has 1 heterocycles. The van der Waals surface area contributed by atoms with Gasteiger partial charge in [-0.25, -0.2) is 0 Å². The third-order valence-electron chi connectivity index (χ3n) is 3.47. The Morgan fingerprint density at radius 2 is 2.04 bits per heavy atom. The molecule has 8 nitrogen and oxygen atoms in total. The molecule has 1 aromatic heterocycles. The molecular formula is C17H18N4O4. The van der Waals surface area contributed by atoms with Crippen molar-refractivity contribution in [3.63, 3.8) is 0 Å². The summed E-state index contributed by atoms with van der Waals surface area (Å²) >= 11 is 0. The van der Waals surface area contributed by atoms with E-state index in [4.69, 9.17) is 0 Å². The van der Waals surface area contributed by atoms with Crippen molar-refractivity contribution in [2.75, 3.05) is 6.54 Å². The SMILES string of the molecule is CC(NC(=O)c1cccc([N+](=O)[O-])c1)C(=O)NCCc1ccccn1. The van der Waals surface area contributed by atoms with Crippen molar-refractivity contribution in [3.05, 3.63) is 70.0 Å². The van der Waals surface area contributed by atoms with Crippen molar-refractivity contribution in [3.8, 4) is 0 Å². The number of non-ortho nitro benzene ring substituents is 1. The van der Waals surface area contributed by atoms with Gasteiger partial charge in [0.05, 0.1) is 4.92 Å². The molecular weight excluding hydrogens is 324 g/mol. The first-order valence-corrected chi connectivity index (χ1v) is 7.70. The van der Waals surface area contributed by atoms with Gasteiger partial charge in [-0.3, -0.25) is 24.7 Å². The van der Waals surface area contributed by atoms with Gasteiger partial charge >= 0.3 is 0 Å². The Bertz CT molecular complexity index is 764. The van der Waals surface area contributed by atoms with Crippen molar-refractivity contribution < 1.29 is 14.5 Å². The number of nitrogens with one attached hydrogen (secondary N) is 2. The maximum Gasteiger partial charge on any atom is 0.270 e. The van der Waals surface area contributed by atoms with E-state index in [-0.39, 0.29) is 17.2 Å². The van der Waals surface area contributed by atoms with Crippen molar-refractivity contribution >= 4 is 17.5 Å². The number of nitro benzene ring substituents is 1. The molecule has 2 aromatic rings. The fraction of sp³-hybridized carbons (Fsp3) is 0.235. The van der Waals surface area contributed by atoms with Crippen molar-refractivity contribution in [1.82, 2.24) is 15.6 Å². The second-order valence-corrected chi connectivity index (χ2v) is 5.36. The molecule has 0 saturated heterocycles. The number of carbonyl (C=O) groups is 2. The van der Waals surface area contributed by atoms with Gasteiger partial charge in [-0.2, -0.15) is 0 Å². The van der Waals surface area contributed by atoms with Crippen molar-refractivity contribution in [1.29, 1.82) is 0 Å². The molecule has 0 bridgehead atoms. The van der Waals surface area contributed by atoms with Crippen molar-refractivity contribution in [2.45, 2.75) is 19.4 Å². The number of hydrogen-bond donors (Lipinski definition) is 2. The molecule has 0 aliphatic rings. The smallest absolute Gasteiger partial charge is 0.270 e. The van der Waals surface area contributed by atoms with Gasteiger partial charge in [0, 0.05) is 42.6 Å². The Morgan fingerprint density at radius 3 is 2.72 bits per heavy atom. The molecule has 0 radical (unpaired) electrons. The van der Waals surface area contributed by atoms with Crippen LogP contribution in [0.3, 0.4) is 0 Å². The number of amides is 2. The standard InChI is InChI=1S/C17H18N4O4/c1-12(16(22)19-10-8-14-6-2-3-9-18-14)20-17(23)13-5-4-7-15(11-13)21(24)25/h2-7,9,11-12H,8,10H2,1H3,(H,19,22)(H,20,23). The average Bonchev–Trinajstić information content (AvgIpc) is 2.62. The first-order chi connectivity index (χ1) is 12.0. The molecule has 2 N–H and O–H groups in total. The first-order valence-electron chi connectivity index (χ1n) is 7.70. The van der Waals surface area contributed by atoms with Gasteiger partial charge in [-0.05, 0) is 25.1 Å². The van der Waals surface area contributed by atoms with Crippen LogP contribution in [0.1, 0.15) is 23.0 Å². The lowest BCUT2D eigenvalue weighted by atomic mass is 10.1. The van der Waals surface area contributed by atoms with Crippen LogP contribution in [0.15, 0.2) is 48.7 Å². The minimum Gasteiger partial charge on any atom is -0.354 e. The Morgan fingerprint density at radius 1 is 1.24 bits per heavy atom. The van der Waals surface area contributed by atoms with Gasteiger partial charge in [0.25, 0.3) is 11.6 Å². The summed E-state index contributed by atoms with van der Waals surface area (Å²) in [5.41, 5.74) is 0.804. The number of carbonyl (C=O) groups excluding carboxylic acids is 2. The molecule has 2 amide bonds. The Labute approximate surface area is 144 Å². The Kier molecular flexibility index (Phi) is 6.16. The van der Waals surface area contributed by atoms with Crippen LogP contribution in [0.25, 0.3) is 0 Å². The molecule has 0 aliphatic heterocycles. The molecule has 25 heavy (non-hydrogen) atoms. The zero-order valence-corrected chi connectivity index (χ0v) is 13.6. The third-order valence-corrected chi connectivity index (χ3v) is 3.47. The quantitative estimate of drug-likeness (QED) is 0.584. The fourth-order valence-electron chi connectivity index (χ4n) is 2.12. The van der Waals surface area contributed by atoms with Gasteiger partial charge in [-0.1, -0.05) is 12.1 Å². The van der Waals surface area contributed by atoms with Gasteiger partial charge in [0.15, 0.2) is 0 Å². The maximum atomic E-state index is 12.1. The number of nitrogens with zero attached hydrogens (tertiary/aromatic N) is 2. The zero-order valence-electron chi connectivity index (χ0n) is 13.6. The van der Waals surface area contributed by atoms with Crippen LogP contribution >= 0.6 is 0 Å². The summed E-state index contributed by atoms with van der Waals surface area (Å²) in [6.07, 6.45) is 2.26. The van der Waals surface area contributed by atoms with Crippen LogP contribution in [-0.2, 0) is 11.2 Å². The van der Waals surface area contributed by atoms with E-state index in [2.05, 4.69) is 15.6 Å². The maximum absolute atomic E-state index is 12.1. The van der Waals surface area contributed by atoms with Gasteiger partial charge in [0.2, 0.25) is 5.91 Å². The molecule has 0 saturated carbocycles. The highest BCUT2D eigenvalue weighted by Crippen LogP contribution is 2.13. The van der Waals surface area contributed by atoms with E-state index in [0.717, 1.165) is 5.69 Å². The van der Waals surface area contributed by atoms with E-state index in [1.54, 1.807) is 13.1 Å². The lowest BCUT2D eigenvalue weighted by Gasteiger charge is -2.14. The molecule has 130 valence electrons. The predicted molar refractivity (Wildman–Crippen MR) is 91.0 cm³/mol. The fourth-order valence-corrected chi connectivity index (χ4v) is 2.12. The minimum atomic E-state index is -0.768. The van der Waals surface area contributed by atoms with Crippen LogP contribution in [0.2, 0.25) is 0 Å². The van der Waals surface area contributed by atoms with E-state index in [1.165, 1.54) is 24.3 Å². The van der Waals surface area contributed by atoms with Crippen LogP contribution < -0.4 is 10.6 Å². The summed E-state index contributed by atoms with van der Waals surface area (Å²) in [5, 5.41) is 16.0. The number of aromatic nitrogens is 1. The van der Waals surface area contributed by atoms with Crippen LogP contribution in [0, 0.1) is 10.1 Å². The molecule has 0 fully saturated rings. The molecule has 0 aliphatic carbocycles. The first kappa shape index (κ1) is 18.1. The molecule has 8 heteroatoms. The normalized spacial score (nSPS) is 11.4. The highest BCUT2D eigenvalue weighted by atomic mass is 16.6. The average molecular weight is 342 g/mol. The Hall–Kier alpha value is -3.29. The summed E-state index contributed by atoms with van der Waals surface area (Å²) in [4.78, 5) is 38.4. The topological polar surface area (TPSA) is 114 Å². The number of hydrogen-bond acceptors (Lipinski definition) is 5. The highest BCUT2D eigenvalue weighted by Gasteiger charge is 2.17. The summed E-state index contributed by atoms with van der Waals surface area (Å²) in [7, 11) is 0. The van der Waals surface area contributed by atoms with E-state index < -0.39 is 16.9 Å². The van der Waals surface area contributed by atoms with E-state index in [1.807, 2.05) is 18.2 Å². The molecule has 2 rings (SSSR count). The minimum absolute atomic E-state index is 0.127. The van der Waals surface area contributed by atoms with Crippen molar-refractivity contribution in [2.24, 2.45) is 0 Å². The summed E-state index contributed by atoms with van der Waals surface area (Å²) in [6, 6.07) is 10.1. The second-order valence-electron chi connectivity index (χ2n) is 5.36. The Balaban J connectivity index is 1.84. The monoisotopic (exact) mass is 342 g/mol. The third kappa shape index (κ3) is 5.38. The van der Waals surface area contributed by atoms with Gasteiger partial charge in [-0.15, -0.1) is 0 Å². The van der Waals surface area contributed by atoms with E-state index in [9.17, 15) is 19.7 Å². The van der Waals surface area contributed by atoms with E-state index in [0.29, 0.717) is 13.0 Å². The second kappa shape index (κ2) is 8.53.